The average molecular weight is 289 g/mol. The maximum absolute atomic E-state index is 13.2. The molecule has 0 aliphatic rings. The lowest BCUT2D eigenvalue weighted by Crippen LogP contribution is -1.90. The largest absolute Gasteiger partial charge is 0.298 e. The molecule has 76 valence electrons. The predicted octanol–water partition coefficient (Wildman–Crippen LogP) is 3.60. The van der Waals surface area contributed by atoms with E-state index in [9.17, 15) is 9.18 Å². The van der Waals surface area contributed by atoms with E-state index in [1.54, 1.807) is 12.1 Å². The summed E-state index contributed by atoms with van der Waals surface area (Å²) < 4.78 is 13.4. The normalized spacial score (nSPS) is 10.6. The minimum Gasteiger partial charge on any atom is -0.298 e. The van der Waals surface area contributed by atoms with Crippen LogP contribution in [-0.4, -0.2) is 11.3 Å². The van der Waals surface area contributed by atoms with Crippen LogP contribution in [0.3, 0.4) is 0 Å². The topological polar surface area (TPSA) is 30.0 Å². The van der Waals surface area contributed by atoms with Gasteiger partial charge in [0.1, 0.15) is 11.0 Å². The van der Waals surface area contributed by atoms with Crippen molar-refractivity contribution in [1.29, 1.82) is 0 Å². The van der Waals surface area contributed by atoms with Gasteiger partial charge in [0.25, 0.3) is 0 Å². The molecule has 0 bridgehead atoms. The molecule has 2 aromatic rings. The Morgan fingerprint density at radius 3 is 2.87 bits per heavy atom. The zero-order valence-corrected chi connectivity index (χ0v) is 9.64. The number of carbonyl (C=O) groups excluding carboxylic acids is 1. The third-order valence-corrected chi connectivity index (χ3v) is 3.04. The van der Waals surface area contributed by atoms with Gasteiger partial charge in [0.2, 0.25) is 0 Å². The first kappa shape index (κ1) is 10.5. The quantitative estimate of drug-likeness (QED) is 0.593. The van der Waals surface area contributed by atoms with E-state index >= 15 is 0 Å². The minimum absolute atomic E-state index is 0.0730. The predicted molar refractivity (Wildman–Crippen MR) is 59.8 cm³/mol. The summed E-state index contributed by atoms with van der Waals surface area (Å²) in [5, 5.41) is 0.735. The zero-order valence-electron chi connectivity index (χ0n) is 7.30. The fourth-order valence-electron chi connectivity index (χ4n) is 1.26. The monoisotopic (exact) mass is 287 g/mol. The van der Waals surface area contributed by atoms with Crippen molar-refractivity contribution >= 4 is 44.7 Å². The Kier molecular flexibility index (Phi) is 2.71. The van der Waals surface area contributed by atoms with Crippen molar-refractivity contribution in [1.82, 2.24) is 4.98 Å². The van der Waals surface area contributed by atoms with E-state index in [0.717, 1.165) is 0 Å². The Bertz CT molecular complexity index is 559. The Morgan fingerprint density at radius 2 is 2.20 bits per heavy atom. The van der Waals surface area contributed by atoms with Crippen LogP contribution in [0.5, 0.6) is 0 Å². The second-order valence-corrected chi connectivity index (χ2v) is 4.07. The molecule has 0 N–H and O–H groups in total. The van der Waals surface area contributed by atoms with Crippen molar-refractivity contribution in [3.63, 3.8) is 0 Å². The van der Waals surface area contributed by atoms with E-state index in [4.69, 9.17) is 11.6 Å². The molecular weight excluding hydrogens is 284 g/mol. The average Bonchev–Trinajstić information content (AvgIpc) is 2.24. The molecule has 1 aromatic heterocycles. The Morgan fingerprint density at radius 1 is 1.47 bits per heavy atom. The highest BCUT2D eigenvalue weighted by Gasteiger charge is 2.09. The standard InChI is InChI=1S/C10H4BrClFNO/c11-8-7(13)2-1-5-3-6(4-15)10(12)14-9(5)8/h1-4H. The Hall–Kier alpha value is -1.00. The van der Waals surface area contributed by atoms with Crippen molar-refractivity contribution < 1.29 is 9.18 Å². The SMILES string of the molecule is O=Cc1cc2ccc(F)c(Br)c2nc1Cl. The molecule has 15 heavy (non-hydrogen) atoms. The minimum atomic E-state index is -0.412. The van der Waals surface area contributed by atoms with Gasteiger partial charge >= 0.3 is 0 Å². The molecule has 1 heterocycles. The second kappa shape index (κ2) is 3.87. The molecule has 0 spiro atoms. The van der Waals surface area contributed by atoms with Crippen LogP contribution in [0.2, 0.25) is 5.15 Å². The molecule has 0 amide bonds. The molecule has 0 saturated heterocycles. The van der Waals surface area contributed by atoms with Crippen LogP contribution in [-0.2, 0) is 0 Å². The van der Waals surface area contributed by atoms with Crippen LogP contribution < -0.4 is 0 Å². The van der Waals surface area contributed by atoms with Gasteiger partial charge in [-0.3, -0.25) is 4.79 Å². The van der Waals surface area contributed by atoms with E-state index < -0.39 is 5.82 Å². The van der Waals surface area contributed by atoms with Gasteiger partial charge in [-0.25, -0.2) is 9.37 Å². The fraction of sp³-hybridized carbons (Fsp3) is 0. The number of nitrogens with zero attached hydrogens (tertiary/aromatic N) is 1. The number of benzene rings is 1. The van der Waals surface area contributed by atoms with Gasteiger partial charge in [0.15, 0.2) is 6.29 Å². The van der Waals surface area contributed by atoms with Gasteiger partial charge in [-0.2, -0.15) is 0 Å². The molecule has 1 aromatic carbocycles. The summed E-state index contributed by atoms with van der Waals surface area (Å²) in [4.78, 5) is 14.6. The van der Waals surface area contributed by atoms with Crippen LogP contribution in [0, 0.1) is 5.82 Å². The number of carbonyl (C=O) groups is 1. The molecular formula is C10H4BrClFNO. The molecule has 0 fully saturated rings. The summed E-state index contributed by atoms with van der Waals surface area (Å²) in [6.45, 7) is 0. The van der Waals surface area contributed by atoms with Crippen molar-refractivity contribution in [2.45, 2.75) is 0 Å². The van der Waals surface area contributed by atoms with Crippen LogP contribution >= 0.6 is 27.5 Å². The first-order valence-corrected chi connectivity index (χ1v) is 5.20. The molecule has 0 saturated carbocycles. The molecule has 0 unspecified atom stereocenters. The highest BCUT2D eigenvalue weighted by atomic mass is 79.9. The molecule has 5 heteroatoms. The second-order valence-electron chi connectivity index (χ2n) is 2.92. The Labute approximate surface area is 98.2 Å². The highest BCUT2D eigenvalue weighted by Crippen LogP contribution is 2.27. The lowest BCUT2D eigenvalue weighted by atomic mass is 10.2. The molecule has 0 radical (unpaired) electrons. The third kappa shape index (κ3) is 1.75. The lowest BCUT2D eigenvalue weighted by Gasteiger charge is -2.03. The van der Waals surface area contributed by atoms with Gasteiger partial charge in [-0.15, -0.1) is 0 Å². The van der Waals surface area contributed by atoms with Gasteiger partial charge in [-0.1, -0.05) is 11.6 Å². The lowest BCUT2D eigenvalue weighted by molar-refractivity contribution is 0.112. The summed E-state index contributed by atoms with van der Waals surface area (Å²) in [7, 11) is 0. The summed E-state index contributed by atoms with van der Waals surface area (Å²) in [5.74, 6) is -0.412. The molecule has 0 aliphatic heterocycles. The van der Waals surface area contributed by atoms with Crippen LogP contribution in [0.15, 0.2) is 22.7 Å². The first-order valence-electron chi connectivity index (χ1n) is 4.03. The number of hydrogen-bond acceptors (Lipinski definition) is 2. The van der Waals surface area contributed by atoms with Crippen LogP contribution in [0.25, 0.3) is 10.9 Å². The summed E-state index contributed by atoms with van der Waals surface area (Å²) in [6, 6.07) is 4.42. The van der Waals surface area contributed by atoms with Crippen LogP contribution in [0.4, 0.5) is 4.39 Å². The van der Waals surface area contributed by atoms with Gasteiger partial charge < -0.3 is 0 Å². The number of halogens is 3. The number of fused-ring (bicyclic) bond motifs is 1. The third-order valence-electron chi connectivity index (χ3n) is 1.99. The number of hydrogen-bond donors (Lipinski definition) is 0. The smallest absolute Gasteiger partial charge is 0.153 e. The van der Waals surface area contributed by atoms with E-state index in [1.165, 1.54) is 6.07 Å². The molecule has 2 rings (SSSR count). The zero-order chi connectivity index (χ0) is 11.0. The fourth-order valence-corrected chi connectivity index (χ4v) is 1.89. The highest BCUT2D eigenvalue weighted by molar-refractivity contribution is 9.10. The van der Waals surface area contributed by atoms with E-state index in [0.29, 0.717) is 22.8 Å². The molecule has 0 aliphatic carbocycles. The van der Waals surface area contributed by atoms with Crippen LogP contribution in [0.1, 0.15) is 10.4 Å². The number of rotatable bonds is 1. The molecule has 0 atom stereocenters. The van der Waals surface area contributed by atoms with E-state index in [-0.39, 0.29) is 9.63 Å². The van der Waals surface area contributed by atoms with Crippen molar-refractivity contribution in [3.05, 3.63) is 39.2 Å². The number of aldehydes is 1. The van der Waals surface area contributed by atoms with Gasteiger partial charge in [0, 0.05) is 5.39 Å². The maximum atomic E-state index is 13.2. The summed E-state index contributed by atoms with van der Waals surface area (Å²) in [5.41, 5.74) is 0.702. The van der Waals surface area contributed by atoms with E-state index in [2.05, 4.69) is 20.9 Å². The number of pyridine rings is 1. The van der Waals surface area contributed by atoms with Gasteiger partial charge in [0.05, 0.1) is 15.6 Å². The van der Waals surface area contributed by atoms with Crippen molar-refractivity contribution in [3.8, 4) is 0 Å². The van der Waals surface area contributed by atoms with E-state index in [1.807, 2.05) is 0 Å². The van der Waals surface area contributed by atoms with Crippen molar-refractivity contribution in [2.75, 3.05) is 0 Å². The first-order chi connectivity index (χ1) is 7.13. The van der Waals surface area contributed by atoms with Gasteiger partial charge in [-0.05, 0) is 34.1 Å². The van der Waals surface area contributed by atoms with Crippen molar-refractivity contribution in [2.24, 2.45) is 0 Å². The summed E-state index contributed by atoms with van der Waals surface area (Å²) in [6.07, 6.45) is 0.617. The summed E-state index contributed by atoms with van der Waals surface area (Å²) >= 11 is 8.82. The maximum Gasteiger partial charge on any atom is 0.153 e. The molecule has 2 nitrogen and oxygen atoms in total. The Balaban J connectivity index is 2.87. The number of aromatic nitrogens is 1.